The van der Waals surface area contributed by atoms with Gasteiger partial charge in [-0.1, -0.05) is 6.92 Å². The van der Waals surface area contributed by atoms with Crippen molar-refractivity contribution < 1.29 is 18.3 Å². The minimum absolute atomic E-state index is 0.00123. The number of hydrogen-bond donors (Lipinski definition) is 2. The molecule has 1 aromatic heterocycles. The lowest BCUT2D eigenvalue weighted by Crippen LogP contribution is -2.48. The van der Waals surface area contributed by atoms with E-state index in [0.717, 1.165) is 30.8 Å². The third-order valence-electron chi connectivity index (χ3n) is 3.57. The summed E-state index contributed by atoms with van der Waals surface area (Å²) in [6, 6.07) is 1.06. The number of aromatic carboxylic acids is 1. The first kappa shape index (κ1) is 16.9. The Morgan fingerprint density at radius 2 is 2.24 bits per heavy atom. The maximum Gasteiger partial charge on any atom is 0.345 e. The average Bonchev–Trinajstić information content (AvgIpc) is 2.76. The predicted molar refractivity (Wildman–Crippen MR) is 84.4 cm³/mol. The van der Waals surface area contributed by atoms with E-state index in [0.29, 0.717) is 3.79 Å². The molecule has 1 fully saturated rings. The fraction of sp³-hybridized carbons (Fsp3) is 0.583. The van der Waals surface area contributed by atoms with Crippen LogP contribution in [0.15, 0.2) is 14.7 Å². The van der Waals surface area contributed by atoms with Crippen molar-refractivity contribution in [3.63, 3.8) is 0 Å². The monoisotopic (exact) mass is 396 g/mol. The number of halogens is 1. The number of carboxylic acids is 1. The number of carbonyl (C=O) groups is 1. The van der Waals surface area contributed by atoms with E-state index in [1.54, 1.807) is 0 Å². The fourth-order valence-corrected chi connectivity index (χ4v) is 6.22. The van der Waals surface area contributed by atoms with Crippen LogP contribution in [-0.4, -0.2) is 50.6 Å². The first-order valence-corrected chi connectivity index (χ1v) is 9.53. The minimum atomic E-state index is -3.72. The maximum atomic E-state index is 12.4. The molecular formula is C12H17BrN2O4S2. The largest absolute Gasteiger partial charge is 0.477 e. The highest BCUT2D eigenvalue weighted by Crippen LogP contribution is 2.32. The summed E-state index contributed by atoms with van der Waals surface area (Å²) in [4.78, 5) is 13.1. The van der Waals surface area contributed by atoms with Gasteiger partial charge in [0, 0.05) is 12.6 Å². The zero-order chi connectivity index (χ0) is 15.8. The van der Waals surface area contributed by atoms with Crippen LogP contribution in [0.3, 0.4) is 0 Å². The van der Waals surface area contributed by atoms with Crippen molar-refractivity contribution in [2.24, 2.45) is 5.92 Å². The zero-order valence-electron chi connectivity index (χ0n) is 11.7. The van der Waals surface area contributed by atoms with Gasteiger partial charge in [-0.3, -0.25) is 0 Å². The number of likely N-dealkylation sites (tertiary alicyclic amines) is 1. The molecule has 0 bridgehead atoms. The molecule has 118 valence electrons. The fourth-order valence-electron chi connectivity index (χ4n) is 2.43. The topological polar surface area (TPSA) is 86.7 Å². The van der Waals surface area contributed by atoms with Crippen LogP contribution in [0, 0.1) is 5.92 Å². The standard InChI is InChI=1S/C12H17BrN2O4S2/c1-7-6-15(2)4-3-8(7)14-21(18,19)10-5-9(12(16)17)20-11(10)13/h5,7-8,14H,3-4,6H2,1-2H3,(H,16,17). The lowest BCUT2D eigenvalue weighted by Gasteiger charge is -2.34. The molecule has 21 heavy (non-hydrogen) atoms. The van der Waals surface area contributed by atoms with Gasteiger partial charge in [-0.05, 0) is 47.9 Å². The number of carboxylic acid groups (broad SMARTS) is 1. The van der Waals surface area contributed by atoms with Crippen molar-refractivity contribution in [2.75, 3.05) is 20.1 Å². The molecule has 2 heterocycles. The lowest BCUT2D eigenvalue weighted by molar-refractivity contribution is 0.0702. The van der Waals surface area contributed by atoms with E-state index in [9.17, 15) is 13.2 Å². The number of rotatable bonds is 4. The molecular weight excluding hydrogens is 380 g/mol. The smallest absolute Gasteiger partial charge is 0.345 e. The Labute approximate surface area is 136 Å². The molecule has 6 nitrogen and oxygen atoms in total. The van der Waals surface area contributed by atoms with Gasteiger partial charge in [-0.15, -0.1) is 11.3 Å². The van der Waals surface area contributed by atoms with Crippen molar-refractivity contribution in [2.45, 2.75) is 24.3 Å². The number of hydrogen-bond acceptors (Lipinski definition) is 5. The number of nitrogens with zero attached hydrogens (tertiary/aromatic N) is 1. The molecule has 2 unspecified atom stereocenters. The molecule has 0 spiro atoms. The quantitative estimate of drug-likeness (QED) is 0.810. The van der Waals surface area contributed by atoms with Gasteiger partial charge in [0.25, 0.3) is 0 Å². The molecule has 2 atom stereocenters. The first-order chi connectivity index (χ1) is 9.70. The van der Waals surface area contributed by atoms with Crippen LogP contribution in [0.5, 0.6) is 0 Å². The Morgan fingerprint density at radius 3 is 2.76 bits per heavy atom. The molecule has 0 aromatic carbocycles. The van der Waals surface area contributed by atoms with Crippen LogP contribution < -0.4 is 4.72 Å². The molecule has 2 N–H and O–H groups in total. The van der Waals surface area contributed by atoms with Crippen LogP contribution in [0.25, 0.3) is 0 Å². The molecule has 0 radical (unpaired) electrons. The van der Waals surface area contributed by atoms with Crippen LogP contribution in [0.2, 0.25) is 0 Å². The van der Waals surface area contributed by atoms with Gasteiger partial charge >= 0.3 is 5.97 Å². The van der Waals surface area contributed by atoms with E-state index in [4.69, 9.17) is 5.11 Å². The van der Waals surface area contributed by atoms with E-state index >= 15 is 0 Å². The molecule has 1 saturated heterocycles. The normalized spacial score (nSPS) is 24.1. The van der Waals surface area contributed by atoms with Crippen LogP contribution in [0.1, 0.15) is 23.0 Å². The SMILES string of the molecule is CC1CN(C)CCC1NS(=O)(=O)c1cc(C(=O)O)sc1Br. The highest BCUT2D eigenvalue weighted by Gasteiger charge is 2.31. The molecule has 1 aliphatic rings. The van der Waals surface area contributed by atoms with Gasteiger partial charge in [-0.25, -0.2) is 17.9 Å². The van der Waals surface area contributed by atoms with E-state index in [2.05, 4.69) is 25.6 Å². The van der Waals surface area contributed by atoms with Crippen LogP contribution in [0.4, 0.5) is 0 Å². The van der Waals surface area contributed by atoms with Crippen molar-refractivity contribution in [1.82, 2.24) is 9.62 Å². The number of nitrogens with one attached hydrogen (secondary N) is 1. The van der Waals surface area contributed by atoms with Crippen molar-refractivity contribution in [3.05, 3.63) is 14.7 Å². The zero-order valence-corrected chi connectivity index (χ0v) is 14.9. The minimum Gasteiger partial charge on any atom is -0.477 e. The van der Waals surface area contributed by atoms with Gasteiger partial charge < -0.3 is 10.0 Å². The Morgan fingerprint density at radius 1 is 1.57 bits per heavy atom. The third kappa shape index (κ3) is 3.84. The summed E-state index contributed by atoms with van der Waals surface area (Å²) in [5.41, 5.74) is 0. The van der Waals surface area contributed by atoms with E-state index in [-0.39, 0.29) is 21.7 Å². The number of sulfonamides is 1. The summed E-state index contributed by atoms with van der Waals surface area (Å²) in [6.07, 6.45) is 0.741. The number of thiophene rings is 1. The summed E-state index contributed by atoms with van der Waals surface area (Å²) in [7, 11) is -1.71. The highest BCUT2D eigenvalue weighted by molar-refractivity contribution is 9.11. The molecule has 1 aromatic rings. The summed E-state index contributed by atoms with van der Waals surface area (Å²) >= 11 is 4.04. The highest BCUT2D eigenvalue weighted by atomic mass is 79.9. The molecule has 2 rings (SSSR count). The predicted octanol–water partition coefficient (Wildman–Crippen LogP) is 1.83. The van der Waals surface area contributed by atoms with Gasteiger partial charge in [0.2, 0.25) is 10.0 Å². The van der Waals surface area contributed by atoms with Crippen molar-refractivity contribution >= 4 is 43.3 Å². The van der Waals surface area contributed by atoms with Gasteiger partial charge in [0.05, 0.1) is 3.79 Å². The first-order valence-electron chi connectivity index (χ1n) is 6.44. The van der Waals surface area contributed by atoms with Gasteiger partial charge in [0.15, 0.2) is 0 Å². The summed E-state index contributed by atoms with van der Waals surface area (Å²) in [6.45, 7) is 3.68. The molecule has 9 heteroatoms. The second kappa shape index (κ2) is 6.33. The Balaban J connectivity index is 2.20. The Bertz CT molecular complexity index is 644. The lowest BCUT2D eigenvalue weighted by atomic mass is 9.95. The van der Waals surface area contributed by atoms with Crippen molar-refractivity contribution in [3.8, 4) is 0 Å². The van der Waals surface area contributed by atoms with E-state index < -0.39 is 16.0 Å². The Kier molecular flexibility index (Phi) is 5.09. The van der Waals surface area contributed by atoms with Crippen LogP contribution in [-0.2, 0) is 10.0 Å². The van der Waals surface area contributed by atoms with Crippen LogP contribution >= 0.6 is 27.3 Å². The number of piperidine rings is 1. The van der Waals surface area contributed by atoms with E-state index in [1.807, 2.05) is 14.0 Å². The van der Waals surface area contributed by atoms with Gasteiger partial charge in [0.1, 0.15) is 9.77 Å². The molecule has 0 saturated carbocycles. The average molecular weight is 397 g/mol. The second-order valence-corrected chi connectivity index (χ2v) is 9.36. The molecule has 0 amide bonds. The summed E-state index contributed by atoms with van der Waals surface area (Å²) in [5.74, 6) is -0.926. The van der Waals surface area contributed by atoms with E-state index in [1.165, 1.54) is 6.07 Å². The summed E-state index contributed by atoms with van der Waals surface area (Å²) < 4.78 is 27.9. The third-order valence-corrected chi connectivity index (χ3v) is 7.30. The molecule has 1 aliphatic heterocycles. The van der Waals surface area contributed by atoms with Gasteiger partial charge in [-0.2, -0.15) is 0 Å². The maximum absolute atomic E-state index is 12.4. The summed E-state index contributed by atoms with van der Waals surface area (Å²) in [5, 5.41) is 8.95. The van der Waals surface area contributed by atoms with Crippen molar-refractivity contribution in [1.29, 1.82) is 0 Å². The molecule has 0 aliphatic carbocycles. The Hall–Kier alpha value is -0.480. The second-order valence-electron chi connectivity index (χ2n) is 5.31.